The Morgan fingerprint density at radius 3 is 2.89 bits per heavy atom. The minimum Gasteiger partial charge on any atom is -0.481 e. The molecule has 0 radical (unpaired) electrons. The number of carboxylic acid groups (broad SMARTS) is 1. The summed E-state index contributed by atoms with van der Waals surface area (Å²) in [4.78, 5) is 22.2. The van der Waals surface area contributed by atoms with Gasteiger partial charge in [-0.1, -0.05) is 5.16 Å². The number of nitrogens with one attached hydrogen (secondary N) is 1. The van der Waals surface area contributed by atoms with Crippen LogP contribution in [0.25, 0.3) is 0 Å². The van der Waals surface area contributed by atoms with Gasteiger partial charge in [0.1, 0.15) is 5.76 Å². The fraction of sp³-hybridized carbons (Fsp3) is 0.583. The smallest absolute Gasteiger partial charge is 0.303 e. The van der Waals surface area contributed by atoms with Gasteiger partial charge in [0.15, 0.2) is 5.69 Å². The number of aliphatic carboxylic acids is 1. The molecule has 1 amide bonds. The highest BCUT2D eigenvalue weighted by Crippen LogP contribution is 2.23. The van der Waals surface area contributed by atoms with Crippen LogP contribution in [0.5, 0.6) is 0 Å². The average molecular weight is 252 g/mol. The molecule has 0 saturated heterocycles. The van der Waals surface area contributed by atoms with Crippen molar-refractivity contribution in [2.75, 3.05) is 6.54 Å². The molecule has 1 aliphatic rings. The van der Waals surface area contributed by atoms with E-state index in [1.165, 1.54) is 0 Å². The molecule has 0 bridgehead atoms. The largest absolute Gasteiger partial charge is 0.481 e. The number of carboxylic acids is 1. The Kier molecular flexibility index (Phi) is 3.96. The molecule has 1 aromatic rings. The van der Waals surface area contributed by atoms with Crippen LogP contribution in [0.1, 0.15) is 47.5 Å². The molecular weight excluding hydrogens is 236 g/mol. The summed E-state index contributed by atoms with van der Waals surface area (Å²) in [6.07, 6.45) is 4.26. The van der Waals surface area contributed by atoms with Gasteiger partial charge in [0.05, 0.1) is 0 Å². The minimum atomic E-state index is -0.858. The Bertz CT molecular complexity index is 453. The maximum absolute atomic E-state index is 11.8. The number of aryl methyl sites for hydroxylation is 1. The zero-order valence-electron chi connectivity index (χ0n) is 10.1. The van der Waals surface area contributed by atoms with Crippen LogP contribution in [0.4, 0.5) is 0 Å². The second-order valence-corrected chi connectivity index (χ2v) is 4.39. The van der Waals surface area contributed by atoms with E-state index in [-0.39, 0.29) is 12.3 Å². The van der Waals surface area contributed by atoms with Gasteiger partial charge in [-0.25, -0.2) is 0 Å². The van der Waals surface area contributed by atoms with Gasteiger partial charge in [0, 0.05) is 24.9 Å². The zero-order valence-corrected chi connectivity index (χ0v) is 10.1. The minimum absolute atomic E-state index is 0.0528. The van der Waals surface area contributed by atoms with Gasteiger partial charge < -0.3 is 14.9 Å². The van der Waals surface area contributed by atoms with Gasteiger partial charge in [-0.15, -0.1) is 0 Å². The topological polar surface area (TPSA) is 92.4 Å². The van der Waals surface area contributed by atoms with Crippen LogP contribution >= 0.6 is 0 Å². The molecule has 2 N–H and O–H groups in total. The fourth-order valence-corrected chi connectivity index (χ4v) is 2.09. The number of carbonyl (C=O) groups excluding carboxylic acids is 1. The van der Waals surface area contributed by atoms with E-state index in [1.54, 1.807) is 0 Å². The number of amides is 1. The lowest BCUT2D eigenvalue weighted by Gasteiger charge is -2.09. The number of aromatic nitrogens is 1. The Balaban J connectivity index is 1.89. The SMILES string of the molecule is O=C(O)CCCNC(=O)c1noc2c1CCCC2. The van der Waals surface area contributed by atoms with Crippen molar-refractivity contribution >= 4 is 11.9 Å². The Morgan fingerprint density at radius 2 is 2.11 bits per heavy atom. The molecule has 2 rings (SSSR count). The second kappa shape index (κ2) is 5.66. The molecule has 0 spiro atoms. The summed E-state index contributed by atoms with van der Waals surface area (Å²) in [5, 5.41) is 15.0. The second-order valence-electron chi connectivity index (χ2n) is 4.39. The van der Waals surface area contributed by atoms with Crippen LogP contribution in [-0.2, 0) is 17.6 Å². The number of hydrogen-bond donors (Lipinski definition) is 2. The highest BCUT2D eigenvalue weighted by Gasteiger charge is 2.23. The van der Waals surface area contributed by atoms with Gasteiger partial charge in [-0.3, -0.25) is 9.59 Å². The fourth-order valence-electron chi connectivity index (χ4n) is 2.09. The third-order valence-corrected chi connectivity index (χ3v) is 3.02. The molecule has 6 heteroatoms. The lowest BCUT2D eigenvalue weighted by Crippen LogP contribution is -2.26. The molecule has 0 fully saturated rings. The van der Waals surface area contributed by atoms with Crippen molar-refractivity contribution in [2.24, 2.45) is 0 Å². The summed E-state index contributed by atoms with van der Waals surface area (Å²) in [5.74, 6) is -0.313. The molecule has 18 heavy (non-hydrogen) atoms. The number of nitrogens with zero attached hydrogens (tertiary/aromatic N) is 1. The predicted octanol–water partition coefficient (Wildman–Crippen LogP) is 1.15. The summed E-state index contributed by atoms with van der Waals surface area (Å²) in [6, 6.07) is 0. The third-order valence-electron chi connectivity index (χ3n) is 3.02. The summed E-state index contributed by atoms with van der Waals surface area (Å²) in [6.45, 7) is 0.340. The van der Waals surface area contributed by atoms with Crippen molar-refractivity contribution in [1.82, 2.24) is 10.5 Å². The Hall–Kier alpha value is -1.85. The van der Waals surface area contributed by atoms with E-state index in [1.807, 2.05) is 0 Å². The molecule has 6 nitrogen and oxygen atoms in total. The molecule has 1 heterocycles. The summed E-state index contributed by atoms with van der Waals surface area (Å²) in [5.41, 5.74) is 1.28. The standard InChI is InChI=1S/C12H16N2O4/c15-10(16)6-3-7-13-12(17)11-8-4-1-2-5-9(8)18-14-11/h1-7H2,(H,13,17)(H,15,16). The molecule has 98 valence electrons. The van der Waals surface area contributed by atoms with Gasteiger partial charge in [0.25, 0.3) is 5.91 Å². The summed E-state index contributed by atoms with van der Waals surface area (Å²) < 4.78 is 5.15. The van der Waals surface area contributed by atoms with Gasteiger partial charge in [0.2, 0.25) is 0 Å². The van der Waals surface area contributed by atoms with E-state index in [2.05, 4.69) is 10.5 Å². The van der Waals surface area contributed by atoms with Gasteiger partial charge in [-0.05, 0) is 25.7 Å². The van der Waals surface area contributed by atoms with Crippen LogP contribution in [0.15, 0.2) is 4.52 Å². The molecule has 0 aromatic carbocycles. The first-order chi connectivity index (χ1) is 8.68. The van der Waals surface area contributed by atoms with Crippen molar-refractivity contribution < 1.29 is 19.2 Å². The first-order valence-corrected chi connectivity index (χ1v) is 6.16. The molecule has 0 aliphatic heterocycles. The normalized spacial score (nSPS) is 14.0. The first kappa shape index (κ1) is 12.6. The molecule has 1 aromatic heterocycles. The van der Waals surface area contributed by atoms with Crippen molar-refractivity contribution in [2.45, 2.75) is 38.5 Å². The van der Waals surface area contributed by atoms with Crippen molar-refractivity contribution in [3.05, 3.63) is 17.0 Å². The van der Waals surface area contributed by atoms with Crippen LogP contribution < -0.4 is 5.32 Å². The Labute approximate surface area is 104 Å². The molecule has 0 saturated carbocycles. The Morgan fingerprint density at radius 1 is 1.33 bits per heavy atom. The summed E-state index contributed by atoms with van der Waals surface area (Å²) >= 11 is 0. The van der Waals surface area contributed by atoms with Crippen molar-refractivity contribution in [3.63, 3.8) is 0 Å². The molecular formula is C12H16N2O4. The zero-order chi connectivity index (χ0) is 13.0. The van der Waals surface area contributed by atoms with E-state index < -0.39 is 5.97 Å². The third kappa shape index (κ3) is 2.88. The predicted molar refractivity (Wildman–Crippen MR) is 62.3 cm³/mol. The van der Waals surface area contributed by atoms with Gasteiger partial charge in [-0.2, -0.15) is 0 Å². The lowest BCUT2D eigenvalue weighted by atomic mass is 9.96. The van der Waals surface area contributed by atoms with E-state index in [4.69, 9.17) is 9.63 Å². The maximum atomic E-state index is 11.8. The van der Waals surface area contributed by atoms with E-state index in [9.17, 15) is 9.59 Å². The molecule has 0 unspecified atom stereocenters. The lowest BCUT2D eigenvalue weighted by molar-refractivity contribution is -0.137. The van der Waals surface area contributed by atoms with E-state index in [0.717, 1.165) is 37.0 Å². The molecule has 1 aliphatic carbocycles. The monoisotopic (exact) mass is 252 g/mol. The average Bonchev–Trinajstić information content (AvgIpc) is 2.78. The van der Waals surface area contributed by atoms with Crippen LogP contribution in [0, 0.1) is 0 Å². The first-order valence-electron chi connectivity index (χ1n) is 6.16. The quantitative estimate of drug-likeness (QED) is 0.767. The van der Waals surface area contributed by atoms with Crippen LogP contribution in [0.2, 0.25) is 0 Å². The van der Waals surface area contributed by atoms with Crippen LogP contribution in [-0.4, -0.2) is 28.7 Å². The highest BCUT2D eigenvalue weighted by molar-refractivity contribution is 5.93. The van der Waals surface area contributed by atoms with Crippen molar-refractivity contribution in [3.8, 4) is 0 Å². The number of hydrogen-bond acceptors (Lipinski definition) is 4. The number of fused-ring (bicyclic) bond motifs is 1. The van der Waals surface area contributed by atoms with Crippen LogP contribution in [0.3, 0.4) is 0 Å². The van der Waals surface area contributed by atoms with Gasteiger partial charge >= 0.3 is 5.97 Å². The van der Waals surface area contributed by atoms with Crippen molar-refractivity contribution in [1.29, 1.82) is 0 Å². The number of carbonyl (C=O) groups is 2. The van der Waals surface area contributed by atoms with E-state index >= 15 is 0 Å². The molecule has 0 atom stereocenters. The summed E-state index contributed by atoms with van der Waals surface area (Å²) in [7, 11) is 0. The van der Waals surface area contributed by atoms with E-state index in [0.29, 0.717) is 18.7 Å². The maximum Gasteiger partial charge on any atom is 0.303 e. The highest BCUT2D eigenvalue weighted by atomic mass is 16.5. The number of rotatable bonds is 5.